The molecule has 0 N–H and O–H groups in total. The SMILES string of the molecule is [2H]c1c([2H])c([2H])c(-c2nc(-c3c([2H])c([2H])c4oc5c([2H])c(-c6c([2H])c([2H])c([2H])c7c([2H])c([2H])c([2H])c([2H])c67)c6c([2H])c([2H])c([2H])c([2H])c6c5c4c3[2H])nc(-c3c([2H])c([2H])c([2H])c4oc5c([2H])c([2H])c([2H])c([2H])c5c34)n2)c([2H])c1[2H]. The Balaban J connectivity index is 1.34. The maximum absolute atomic E-state index is 9.90. The Hall–Kier alpha value is -7.11. The van der Waals surface area contributed by atoms with Crippen LogP contribution in [-0.2, 0) is 0 Å². The van der Waals surface area contributed by atoms with Crippen molar-refractivity contribution in [3.05, 3.63) is 163 Å². The molecule has 242 valence electrons. The molecule has 0 fully saturated rings. The van der Waals surface area contributed by atoms with Crippen LogP contribution in [0.3, 0.4) is 0 Å². The number of rotatable bonds is 4. The van der Waals surface area contributed by atoms with Gasteiger partial charge in [-0.1, -0.05) is 127 Å². The summed E-state index contributed by atoms with van der Waals surface area (Å²) in [5.74, 6) is -2.44. The third-order valence-electron chi connectivity index (χ3n) is 8.20. The summed E-state index contributed by atoms with van der Waals surface area (Å²) in [6, 6.07) is -23.1. The van der Waals surface area contributed by atoms with E-state index < -0.39 is 274 Å². The molecule has 0 bridgehead atoms. The number of furan rings is 2. The first-order valence-electron chi connectivity index (χ1n) is 28.7. The Kier molecular flexibility index (Phi) is 2.78. The summed E-state index contributed by atoms with van der Waals surface area (Å²) in [6.45, 7) is 0. The zero-order valence-corrected chi connectivity index (χ0v) is 25.7. The van der Waals surface area contributed by atoms with Crippen LogP contribution in [0.4, 0.5) is 0 Å². The maximum atomic E-state index is 9.90. The second kappa shape index (κ2) is 11.2. The number of aromatic nitrogens is 3. The second-order valence-corrected chi connectivity index (χ2v) is 11.1. The fraction of sp³-hybridized carbons (Fsp3) is 0. The predicted molar refractivity (Wildman–Crippen MR) is 211 cm³/mol. The topological polar surface area (TPSA) is 65.0 Å². The zero-order chi connectivity index (χ0) is 57.7. The van der Waals surface area contributed by atoms with Gasteiger partial charge in [-0.05, 0) is 68.9 Å². The first-order valence-corrected chi connectivity index (χ1v) is 15.2. The Morgan fingerprint density at radius 3 is 1.85 bits per heavy atom. The van der Waals surface area contributed by atoms with E-state index in [1.807, 2.05) is 0 Å². The van der Waals surface area contributed by atoms with Crippen molar-refractivity contribution in [1.29, 1.82) is 0 Å². The Morgan fingerprint density at radius 2 is 0.962 bits per heavy atom. The van der Waals surface area contributed by atoms with E-state index in [1.165, 1.54) is 0 Å². The van der Waals surface area contributed by atoms with Gasteiger partial charge in [0.1, 0.15) is 22.3 Å². The van der Waals surface area contributed by atoms with Crippen LogP contribution < -0.4 is 0 Å². The minimum Gasteiger partial charge on any atom is -0.456 e. The number of benzene rings is 8. The smallest absolute Gasteiger partial charge is 0.164 e. The van der Waals surface area contributed by atoms with Gasteiger partial charge >= 0.3 is 0 Å². The normalized spacial score (nSPS) is 19.1. The third kappa shape index (κ3) is 4.39. The summed E-state index contributed by atoms with van der Waals surface area (Å²) >= 11 is 0. The summed E-state index contributed by atoms with van der Waals surface area (Å²) in [4.78, 5) is 13.3. The van der Waals surface area contributed by atoms with Crippen molar-refractivity contribution in [1.82, 2.24) is 15.0 Å². The van der Waals surface area contributed by atoms with Gasteiger partial charge < -0.3 is 8.83 Å². The molecule has 0 aliphatic carbocycles. The Morgan fingerprint density at radius 1 is 0.346 bits per heavy atom. The molecule has 3 aromatic heterocycles. The Labute approximate surface area is 335 Å². The number of fused-ring (bicyclic) bond motifs is 9. The number of nitrogens with zero attached hydrogens (tertiary/aromatic N) is 3. The van der Waals surface area contributed by atoms with Crippen molar-refractivity contribution < 1.29 is 45.8 Å². The standard InChI is InChI=1S/C47H27N3O2/c1-2-13-29(14-3-1)45-48-46(50-47(49-45)36-21-11-23-41-44(36)35-19-8-9-22-39(35)51-41)30-24-25-40-38(26-30)43-34-18-7-6-17-33(34)37(27-42(43)52-40)32-20-10-15-28-12-4-5-16-31(28)32/h1-27H/i1D,2D,3D,4D,5D,6D,7D,8D,9D,10D,11D,12D,13D,14D,15D,16D,17D,18D,19D,20D,21D,22D,23D,24D,25D,26D,27D. The van der Waals surface area contributed by atoms with E-state index in [-0.39, 0.29) is 0 Å². The molecular formula is C47H27N3O2. The summed E-state index contributed by atoms with van der Waals surface area (Å²) in [6.07, 6.45) is 0. The van der Waals surface area contributed by atoms with Crippen LogP contribution in [0.25, 0.3) is 111 Å². The summed E-state index contributed by atoms with van der Waals surface area (Å²) < 4.78 is 252. The van der Waals surface area contributed by atoms with E-state index in [0.717, 1.165) is 0 Å². The zero-order valence-electron chi connectivity index (χ0n) is 52.7. The highest BCUT2D eigenvalue weighted by Gasteiger charge is 2.20. The lowest BCUT2D eigenvalue weighted by molar-refractivity contribution is 0.668. The molecule has 52 heavy (non-hydrogen) atoms. The van der Waals surface area contributed by atoms with Crippen molar-refractivity contribution in [3.63, 3.8) is 0 Å². The molecule has 11 rings (SSSR count). The molecule has 3 heterocycles. The van der Waals surface area contributed by atoms with Crippen molar-refractivity contribution in [2.24, 2.45) is 0 Å². The van der Waals surface area contributed by atoms with Crippen LogP contribution in [0.15, 0.2) is 172 Å². The lowest BCUT2D eigenvalue weighted by Gasteiger charge is -2.11. The lowest BCUT2D eigenvalue weighted by Crippen LogP contribution is -2.00. The summed E-state index contributed by atoms with van der Waals surface area (Å²) in [7, 11) is 0. The van der Waals surface area contributed by atoms with Crippen LogP contribution in [0.1, 0.15) is 37.0 Å². The largest absolute Gasteiger partial charge is 0.456 e. The van der Waals surface area contributed by atoms with Crippen LogP contribution in [0.5, 0.6) is 0 Å². The van der Waals surface area contributed by atoms with Gasteiger partial charge in [0, 0.05) is 38.2 Å². The van der Waals surface area contributed by atoms with Crippen molar-refractivity contribution in [3.8, 4) is 45.3 Å². The first kappa shape index (κ1) is 12.9. The van der Waals surface area contributed by atoms with Gasteiger partial charge in [0.2, 0.25) is 0 Å². The van der Waals surface area contributed by atoms with Crippen molar-refractivity contribution >= 4 is 65.4 Å². The monoisotopic (exact) mass is 692 g/mol. The van der Waals surface area contributed by atoms with Gasteiger partial charge in [0.05, 0.1) is 37.0 Å². The fourth-order valence-corrected chi connectivity index (χ4v) is 6.00. The van der Waals surface area contributed by atoms with E-state index in [1.54, 1.807) is 0 Å². The molecule has 0 aliphatic rings. The minimum atomic E-state index is -0.958. The van der Waals surface area contributed by atoms with E-state index in [0.29, 0.717) is 0 Å². The lowest BCUT2D eigenvalue weighted by atomic mass is 9.92. The molecule has 0 aliphatic heterocycles. The molecule has 0 saturated heterocycles. The van der Waals surface area contributed by atoms with Crippen LogP contribution >= 0.6 is 0 Å². The molecule has 8 aromatic carbocycles. The van der Waals surface area contributed by atoms with Gasteiger partial charge in [0.15, 0.2) is 17.5 Å². The summed E-state index contributed by atoms with van der Waals surface area (Å²) in [5, 5.41) is -4.21. The van der Waals surface area contributed by atoms with Gasteiger partial charge in [0.25, 0.3) is 0 Å². The van der Waals surface area contributed by atoms with Gasteiger partial charge in [-0.3, -0.25) is 0 Å². The summed E-state index contributed by atoms with van der Waals surface area (Å²) in [5.41, 5.74) is -5.82. The van der Waals surface area contributed by atoms with Crippen molar-refractivity contribution in [2.75, 3.05) is 0 Å². The first-order chi connectivity index (χ1) is 37.0. The Bertz CT molecular complexity index is 4730. The molecule has 0 amide bonds. The third-order valence-corrected chi connectivity index (χ3v) is 8.20. The number of hydrogen-bond acceptors (Lipinski definition) is 5. The molecule has 11 aromatic rings. The highest BCUT2D eigenvalue weighted by atomic mass is 16.3. The van der Waals surface area contributed by atoms with E-state index in [9.17, 15) is 9.60 Å². The molecule has 5 nitrogen and oxygen atoms in total. The number of para-hydroxylation sites is 1. The molecule has 0 unspecified atom stereocenters. The molecule has 0 spiro atoms. The molecule has 5 heteroatoms. The van der Waals surface area contributed by atoms with Crippen molar-refractivity contribution in [2.45, 2.75) is 0 Å². The van der Waals surface area contributed by atoms with E-state index in [2.05, 4.69) is 15.0 Å². The maximum Gasteiger partial charge on any atom is 0.164 e. The number of hydrogen-bond donors (Lipinski definition) is 0. The minimum absolute atomic E-state index is 0.422. The van der Waals surface area contributed by atoms with Crippen LogP contribution in [0.2, 0.25) is 0 Å². The van der Waals surface area contributed by atoms with E-state index >= 15 is 0 Å². The molecular weight excluding hydrogens is 639 g/mol. The quantitative estimate of drug-likeness (QED) is 0.184. The van der Waals surface area contributed by atoms with Gasteiger partial charge in [-0.15, -0.1) is 0 Å². The molecule has 0 saturated carbocycles. The van der Waals surface area contributed by atoms with Crippen LogP contribution in [0, 0.1) is 0 Å². The van der Waals surface area contributed by atoms with Crippen LogP contribution in [-0.4, -0.2) is 15.0 Å². The predicted octanol–water partition coefficient (Wildman–Crippen LogP) is 12.6. The average Bonchev–Trinajstić information content (AvgIpc) is 4.27. The highest BCUT2D eigenvalue weighted by molar-refractivity contribution is 6.23. The van der Waals surface area contributed by atoms with E-state index in [4.69, 9.17) is 36.2 Å². The molecule has 0 radical (unpaired) electrons. The highest BCUT2D eigenvalue weighted by Crippen LogP contribution is 2.43. The van der Waals surface area contributed by atoms with Gasteiger partial charge in [-0.25, -0.2) is 15.0 Å². The average molecular weight is 693 g/mol. The molecule has 0 atom stereocenters. The van der Waals surface area contributed by atoms with Gasteiger partial charge in [-0.2, -0.15) is 0 Å². The fourth-order valence-electron chi connectivity index (χ4n) is 6.00. The second-order valence-electron chi connectivity index (χ2n) is 11.1.